The van der Waals surface area contributed by atoms with Crippen LogP contribution < -0.4 is 10.9 Å². The van der Waals surface area contributed by atoms with Gasteiger partial charge in [0, 0.05) is 23.3 Å². The average Bonchev–Trinajstić information content (AvgIpc) is 2.78. The van der Waals surface area contributed by atoms with Gasteiger partial charge in [0.15, 0.2) is 17.6 Å². The zero-order valence-electron chi connectivity index (χ0n) is 11.3. The second kappa shape index (κ2) is 5.38. The molecule has 2 aromatic carbocycles. The van der Waals surface area contributed by atoms with Crippen molar-refractivity contribution in [2.24, 2.45) is 0 Å². The van der Waals surface area contributed by atoms with E-state index < -0.39 is 11.0 Å². The fourth-order valence-corrected chi connectivity index (χ4v) is 2.33. The maximum atomic E-state index is 12.2. The molecule has 22 heavy (non-hydrogen) atoms. The third-order valence-corrected chi connectivity index (χ3v) is 3.40. The van der Waals surface area contributed by atoms with E-state index in [4.69, 9.17) is 0 Å². The molecule has 1 aliphatic carbocycles. The smallest absolute Gasteiger partial charge is 0.271 e. The average molecular weight is 297 g/mol. The second-order valence-electron chi connectivity index (χ2n) is 4.78. The number of fused-ring (bicyclic) bond motifs is 1. The molecule has 2 aromatic rings. The highest BCUT2D eigenvalue weighted by Crippen LogP contribution is 2.22. The quantitative estimate of drug-likeness (QED) is 0.508. The minimum atomic E-state index is -1.03. The fraction of sp³-hybridized carbons (Fsp3) is 0.0667. The maximum Gasteiger partial charge on any atom is 0.271 e. The molecule has 0 aliphatic heterocycles. The molecule has 0 saturated heterocycles. The van der Waals surface area contributed by atoms with Crippen LogP contribution in [0.25, 0.3) is 0 Å². The van der Waals surface area contributed by atoms with Crippen LogP contribution in [0.1, 0.15) is 20.7 Å². The number of Topliss-reactive ketones (excluding diaryl/α,β-unsaturated/α-hetero) is 2. The molecule has 0 saturated carbocycles. The Morgan fingerprint density at radius 3 is 2.18 bits per heavy atom. The number of ketones is 2. The molecule has 0 fully saturated rings. The standard InChI is InChI=1S/C15H11N3O4/c19-14-11-6-1-2-7-12(11)15(20)13(14)17-16-9-4-3-5-10(8-9)18(21)22/h1-8,13,16-17H. The Bertz CT molecular complexity index is 753. The van der Waals surface area contributed by atoms with E-state index >= 15 is 0 Å². The van der Waals surface area contributed by atoms with Gasteiger partial charge in [-0.3, -0.25) is 19.7 Å². The lowest BCUT2D eigenvalue weighted by atomic mass is 10.1. The van der Waals surface area contributed by atoms with Gasteiger partial charge in [0.1, 0.15) is 0 Å². The second-order valence-corrected chi connectivity index (χ2v) is 4.78. The van der Waals surface area contributed by atoms with E-state index in [1.807, 2.05) is 0 Å². The number of non-ortho nitro benzene ring substituents is 1. The number of nitro benzene ring substituents is 1. The van der Waals surface area contributed by atoms with Crippen LogP contribution in [0.5, 0.6) is 0 Å². The number of carbonyl (C=O) groups is 2. The number of hydrazine groups is 1. The van der Waals surface area contributed by atoms with E-state index in [0.29, 0.717) is 16.8 Å². The summed E-state index contributed by atoms with van der Waals surface area (Å²) in [5.74, 6) is -0.642. The largest absolute Gasteiger partial charge is 0.320 e. The number of hydrogen-bond acceptors (Lipinski definition) is 6. The molecular formula is C15H11N3O4. The topological polar surface area (TPSA) is 101 Å². The first-order valence-corrected chi connectivity index (χ1v) is 6.51. The molecule has 2 N–H and O–H groups in total. The van der Waals surface area contributed by atoms with Gasteiger partial charge in [-0.2, -0.15) is 0 Å². The van der Waals surface area contributed by atoms with E-state index in [-0.39, 0.29) is 17.3 Å². The Morgan fingerprint density at radius 2 is 1.59 bits per heavy atom. The summed E-state index contributed by atoms with van der Waals surface area (Å²) < 4.78 is 0. The van der Waals surface area contributed by atoms with E-state index in [1.165, 1.54) is 18.2 Å². The van der Waals surface area contributed by atoms with Gasteiger partial charge in [0.2, 0.25) is 0 Å². The highest BCUT2D eigenvalue weighted by Gasteiger charge is 2.38. The minimum absolute atomic E-state index is 0.0841. The van der Waals surface area contributed by atoms with Crippen molar-refractivity contribution in [1.29, 1.82) is 0 Å². The summed E-state index contributed by atoms with van der Waals surface area (Å²) in [6.07, 6.45) is 0. The van der Waals surface area contributed by atoms with Crippen molar-refractivity contribution in [2.45, 2.75) is 6.04 Å². The number of anilines is 1. The Morgan fingerprint density at radius 1 is 0.955 bits per heavy atom. The maximum absolute atomic E-state index is 12.2. The van der Waals surface area contributed by atoms with E-state index in [2.05, 4.69) is 10.9 Å². The summed E-state index contributed by atoms with van der Waals surface area (Å²) in [5.41, 5.74) is 6.39. The highest BCUT2D eigenvalue weighted by atomic mass is 16.6. The predicted octanol–water partition coefficient (Wildman–Crippen LogP) is 1.96. The SMILES string of the molecule is O=C1c2ccccc2C(=O)C1NNc1cccc([N+](=O)[O-])c1. The highest BCUT2D eigenvalue weighted by molar-refractivity contribution is 6.29. The molecule has 3 rings (SSSR count). The summed E-state index contributed by atoms with van der Waals surface area (Å²) >= 11 is 0. The zero-order valence-corrected chi connectivity index (χ0v) is 11.3. The van der Waals surface area contributed by atoms with Crippen molar-refractivity contribution in [1.82, 2.24) is 5.43 Å². The van der Waals surface area contributed by atoms with Crippen LogP contribution >= 0.6 is 0 Å². The Kier molecular flexibility index (Phi) is 3.40. The molecule has 7 nitrogen and oxygen atoms in total. The van der Waals surface area contributed by atoms with Gasteiger partial charge in [0.25, 0.3) is 5.69 Å². The van der Waals surface area contributed by atoms with Gasteiger partial charge in [-0.05, 0) is 6.07 Å². The zero-order chi connectivity index (χ0) is 15.7. The molecule has 7 heteroatoms. The number of nitrogens with zero attached hydrogens (tertiary/aromatic N) is 1. The lowest BCUT2D eigenvalue weighted by Crippen LogP contribution is -2.42. The summed E-state index contributed by atoms with van der Waals surface area (Å²) in [5, 5.41) is 10.7. The summed E-state index contributed by atoms with van der Waals surface area (Å²) in [4.78, 5) is 34.5. The summed E-state index contributed by atoms with van der Waals surface area (Å²) in [7, 11) is 0. The predicted molar refractivity (Wildman–Crippen MR) is 78.7 cm³/mol. The van der Waals surface area contributed by atoms with E-state index in [0.717, 1.165) is 0 Å². The molecule has 110 valence electrons. The van der Waals surface area contributed by atoms with Crippen molar-refractivity contribution in [2.75, 3.05) is 5.43 Å². The third-order valence-electron chi connectivity index (χ3n) is 3.40. The van der Waals surface area contributed by atoms with Crippen LogP contribution in [0, 0.1) is 10.1 Å². The van der Waals surface area contributed by atoms with Crippen molar-refractivity contribution in [3.8, 4) is 0 Å². The molecule has 0 spiro atoms. The van der Waals surface area contributed by atoms with Crippen LogP contribution in [-0.2, 0) is 0 Å². The molecule has 1 aliphatic rings. The van der Waals surface area contributed by atoms with Crippen LogP contribution in [0.4, 0.5) is 11.4 Å². The number of hydrogen-bond donors (Lipinski definition) is 2. The molecule has 0 aromatic heterocycles. The molecule has 0 heterocycles. The Balaban J connectivity index is 1.76. The summed E-state index contributed by atoms with van der Waals surface area (Å²) in [6, 6.07) is 11.3. The Hall–Kier alpha value is -3.06. The van der Waals surface area contributed by atoms with Crippen molar-refractivity contribution < 1.29 is 14.5 Å². The number of nitro groups is 1. The lowest BCUT2D eigenvalue weighted by Gasteiger charge is -2.12. The van der Waals surface area contributed by atoms with Gasteiger partial charge in [-0.25, -0.2) is 5.43 Å². The molecular weight excluding hydrogens is 286 g/mol. The molecule has 0 radical (unpaired) electrons. The van der Waals surface area contributed by atoms with Gasteiger partial charge in [-0.1, -0.05) is 30.3 Å². The first-order chi connectivity index (χ1) is 10.6. The van der Waals surface area contributed by atoms with Crippen LogP contribution in [-0.4, -0.2) is 22.5 Å². The van der Waals surface area contributed by atoms with E-state index in [9.17, 15) is 19.7 Å². The third kappa shape index (κ3) is 2.33. The lowest BCUT2D eigenvalue weighted by molar-refractivity contribution is -0.384. The van der Waals surface area contributed by atoms with Gasteiger partial charge >= 0.3 is 0 Å². The fourth-order valence-electron chi connectivity index (χ4n) is 2.33. The van der Waals surface area contributed by atoms with Gasteiger partial charge in [0.05, 0.1) is 10.6 Å². The summed E-state index contributed by atoms with van der Waals surface area (Å²) in [6.45, 7) is 0. The molecule has 0 atom stereocenters. The van der Waals surface area contributed by atoms with Crippen molar-refractivity contribution >= 4 is 22.9 Å². The molecule has 0 amide bonds. The van der Waals surface area contributed by atoms with Gasteiger partial charge in [-0.15, -0.1) is 0 Å². The molecule has 0 unspecified atom stereocenters. The number of rotatable bonds is 4. The van der Waals surface area contributed by atoms with Crippen molar-refractivity contribution in [3.05, 3.63) is 69.8 Å². The Labute approximate surface area is 125 Å². The number of benzene rings is 2. The van der Waals surface area contributed by atoms with Crippen LogP contribution in [0.3, 0.4) is 0 Å². The van der Waals surface area contributed by atoms with Crippen LogP contribution in [0.15, 0.2) is 48.5 Å². The van der Waals surface area contributed by atoms with Crippen LogP contribution in [0.2, 0.25) is 0 Å². The monoisotopic (exact) mass is 297 g/mol. The number of carbonyl (C=O) groups excluding carboxylic acids is 2. The minimum Gasteiger partial charge on any atom is -0.320 e. The van der Waals surface area contributed by atoms with Crippen molar-refractivity contribution in [3.63, 3.8) is 0 Å². The van der Waals surface area contributed by atoms with Gasteiger partial charge < -0.3 is 5.43 Å². The first kappa shape index (κ1) is 13.9. The van der Waals surface area contributed by atoms with E-state index in [1.54, 1.807) is 30.3 Å². The normalized spacial score (nSPS) is 14.0. The first-order valence-electron chi connectivity index (χ1n) is 6.51. The number of nitrogens with one attached hydrogen (secondary N) is 2. The molecule has 0 bridgehead atoms.